The summed E-state index contributed by atoms with van der Waals surface area (Å²) in [6, 6.07) is 17.9. The molecular weight excluding hydrogens is 466 g/mol. The van der Waals surface area contributed by atoms with E-state index in [1.807, 2.05) is 40.8 Å². The highest BCUT2D eigenvalue weighted by Gasteiger charge is 2.25. The van der Waals surface area contributed by atoms with Gasteiger partial charge in [0.05, 0.1) is 16.7 Å². The Bertz CT molecular complexity index is 1400. The van der Waals surface area contributed by atoms with Gasteiger partial charge in [-0.25, -0.2) is 4.98 Å². The maximum absolute atomic E-state index is 13.7. The van der Waals surface area contributed by atoms with E-state index in [2.05, 4.69) is 34.6 Å². The van der Waals surface area contributed by atoms with Crippen LogP contribution in [0.5, 0.6) is 0 Å². The molecule has 1 fully saturated rings. The lowest BCUT2D eigenvalue weighted by Gasteiger charge is -2.21. The van der Waals surface area contributed by atoms with Crippen LogP contribution in [0.1, 0.15) is 41.1 Å². The first kappa shape index (κ1) is 24.6. The van der Waals surface area contributed by atoms with Gasteiger partial charge in [0.15, 0.2) is 0 Å². The number of carbonyl (C=O) groups excluding carboxylic acids is 2. The minimum Gasteiger partial charge on any atom is -0.375 e. The summed E-state index contributed by atoms with van der Waals surface area (Å²) in [5.41, 5.74) is 4.59. The number of aromatic nitrogens is 3. The topological polar surface area (TPSA) is 89.3 Å². The van der Waals surface area contributed by atoms with E-state index in [1.165, 1.54) is 12.7 Å². The van der Waals surface area contributed by atoms with Gasteiger partial charge in [-0.1, -0.05) is 30.3 Å². The van der Waals surface area contributed by atoms with Crippen molar-refractivity contribution in [3.05, 3.63) is 78.1 Å². The lowest BCUT2D eigenvalue weighted by Crippen LogP contribution is -2.32. The number of rotatable bonds is 6. The maximum Gasteiger partial charge on any atom is 0.254 e. The second kappa shape index (κ2) is 10.9. The number of carbonyl (C=O) groups is 2. The lowest BCUT2D eigenvalue weighted by atomic mass is 9.92. The molecule has 0 saturated carbocycles. The van der Waals surface area contributed by atoms with E-state index >= 15 is 0 Å². The molecule has 1 atom stereocenters. The average Bonchev–Trinajstić information content (AvgIpc) is 3.09. The van der Waals surface area contributed by atoms with E-state index in [-0.39, 0.29) is 18.4 Å². The summed E-state index contributed by atoms with van der Waals surface area (Å²) in [5.74, 6) is 0.808. The van der Waals surface area contributed by atoms with E-state index in [9.17, 15) is 9.59 Å². The molecule has 37 heavy (non-hydrogen) atoms. The van der Waals surface area contributed by atoms with Crippen LogP contribution in [0.2, 0.25) is 0 Å². The molecule has 0 spiro atoms. The minimum absolute atomic E-state index is 0.0496. The van der Waals surface area contributed by atoms with Crippen LogP contribution in [0.25, 0.3) is 22.4 Å². The van der Waals surface area contributed by atoms with E-state index in [0.29, 0.717) is 41.6 Å². The van der Waals surface area contributed by atoms with Crippen molar-refractivity contribution < 1.29 is 14.3 Å². The molecule has 8 nitrogen and oxygen atoms in total. The van der Waals surface area contributed by atoms with Gasteiger partial charge in [-0.2, -0.15) is 0 Å². The van der Waals surface area contributed by atoms with Gasteiger partial charge in [0, 0.05) is 50.8 Å². The van der Waals surface area contributed by atoms with E-state index in [1.54, 1.807) is 18.5 Å². The Hall–Kier alpha value is -4.04. The van der Waals surface area contributed by atoms with Crippen molar-refractivity contribution in [2.24, 2.45) is 7.05 Å². The van der Waals surface area contributed by atoms with Crippen molar-refractivity contribution in [1.29, 1.82) is 0 Å². The number of benzene rings is 2. The maximum atomic E-state index is 13.7. The fourth-order valence-electron chi connectivity index (χ4n) is 5.18. The summed E-state index contributed by atoms with van der Waals surface area (Å²) in [7, 11) is 3.37. The van der Waals surface area contributed by atoms with Gasteiger partial charge >= 0.3 is 0 Å². The van der Waals surface area contributed by atoms with Crippen LogP contribution in [-0.4, -0.2) is 58.1 Å². The number of methoxy groups -OCH3 is 1. The van der Waals surface area contributed by atoms with Crippen molar-refractivity contribution in [3.63, 3.8) is 0 Å². The Balaban J connectivity index is 1.48. The molecule has 190 valence electrons. The van der Waals surface area contributed by atoms with E-state index < -0.39 is 0 Å². The predicted molar refractivity (Wildman–Crippen MR) is 143 cm³/mol. The van der Waals surface area contributed by atoms with Crippen LogP contribution in [-0.2, 0) is 16.6 Å². The van der Waals surface area contributed by atoms with Gasteiger partial charge < -0.3 is 19.5 Å². The second-order valence-corrected chi connectivity index (χ2v) is 9.44. The number of imidazole rings is 1. The van der Waals surface area contributed by atoms with Gasteiger partial charge in [-0.15, -0.1) is 0 Å². The van der Waals surface area contributed by atoms with Crippen LogP contribution < -0.4 is 5.32 Å². The number of likely N-dealkylation sites (tertiary alicyclic amines) is 1. The molecule has 3 heterocycles. The Morgan fingerprint density at radius 2 is 1.92 bits per heavy atom. The smallest absolute Gasteiger partial charge is 0.254 e. The summed E-state index contributed by atoms with van der Waals surface area (Å²) in [6.45, 7) is 1.31. The van der Waals surface area contributed by atoms with Crippen molar-refractivity contribution in [3.8, 4) is 11.4 Å². The van der Waals surface area contributed by atoms with Gasteiger partial charge in [-0.3, -0.25) is 14.6 Å². The van der Waals surface area contributed by atoms with Gasteiger partial charge in [0.25, 0.3) is 5.91 Å². The number of pyridine rings is 1. The predicted octanol–water partition coefficient (Wildman–Crippen LogP) is 4.63. The molecule has 1 N–H and O–H groups in total. The van der Waals surface area contributed by atoms with Crippen molar-refractivity contribution >= 4 is 28.5 Å². The molecule has 8 heteroatoms. The molecule has 2 aromatic heterocycles. The van der Waals surface area contributed by atoms with E-state index in [0.717, 1.165) is 30.3 Å². The minimum atomic E-state index is -0.294. The summed E-state index contributed by atoms with van der Waals surface area (Å²) in [4.78, 5) is 37.1. The van der Waals surface area contributed by atoms with Gasteiger partial charge in [-0.05, 0) is 55.0 Å². The summed E-state index contributed by atoms with van der Waals surface area (Å²) in [6.07, 6.45) is 6.38. The Morgan fingerprint density at radius 3 is 2.68 bits per heavy atom. The molecule has 1 aliphatic heterocycles. The quantitative estimate of drug-likeness (QED) is 0.420. The first-order valence-corrected chi connectivity index (χ1v) is 12.6. The third-order valence-electron chi connectivity index (χ3n) is 6.97. The lowest BCUT2D eigenvalue weighted by molar-refractivity contribution is -0.119. The monoisotopic (exact) mass is 497 g/mol. The number of nitrogens with one attached hydrogen (secondary N) is 1. The van der Waals surface area contributed by atoms with Crippen molar-refractivity contribution in [1.82, 2.24) is 19.4 Å². The summed E-state index contributed by atoms with van der Waals surface area (Å²) >= 11 is 0. The molecule has 2 amide bonds. The van der Waals surface area contributed by atoms with Crippen LogP contribution in [0.4, 0.5) is 5.69 Å². The zero-order valence-electron chi connectivity index (χ0n) is 21.2. The normalized spacial score (nSPS) is 15.9. The molecule has 4 aromatic rings. The number of anilines is 1. The highest BCUT2D eigenvalue weighted by Crippen LogP contribution is 2.32. The first-order chi connectivity index (χ1) is 18.0. The number of ether oxygens (including phenoxy) is 1. The molecule has 1 aliphatic rings. The third kappa shape index (κ3) is 5.24. The fourth-order valence-corrected chi connectivity index (χ4v) is 5.18. The van der Waals surface area contributed by atoms with Crippen LogP contribution in [0.15, 0.2) is 67.0 Å². The molecule has 0 radical (unpaired) electrons. The van der Waals surface area contributed by atoms with Crippen LogP contribution >= 0.6 is 0 Å². The Morgan fingerprint density at radius 1 is 1.08 bits per heavy atom. The largest absolute Gasteiger partial charge is 0.375 e. The number of hydrogen-bond donors (Lipinski definition) is 1. The van der Waals surface area contributed by atoms with Gasteiger partial charge in [0.2, 0.25) is 5.91 Å². The number of aryl methyl sites for hydroxylation is 1. The van der Waals surface area contributed by atoms with Gasteiger partial charge in [0.1, 0.15) is 12.4 Å². The molecular formula is C29H31N5O3. The summed E-state index contributed by atoms with van der Waals surface area (Å²) < 4.78 is 6.92. The highest BCUT2D eigenvalue weighted by atomic mass is 16.5. The molecule has 0 aliphatic carbocycles. The fraction of sp³-hybridized carbons (Fsp3) is 0.310. The SMILES string of the molecule is COCC(=O)Nc1cc(C(=O)N2CCC[C@H](c3ccccc3)CC2)cc2nc(-c3cccnc3)n(C)c12. The number of amides is 2. The first-order valence-electron chi connectivity index (χ1n) is 12.6. The standard InChI is InChI=1S/C29H31N5O3/c1-33-27-24(31-26(35)19-37-2)16-23(17-25(27)32-28(33)22-10-6-13-30-18-22)29(36)34-14-7-11-21(12-15-34)20-8-4-3-5-9-20/h3-6,8-10,13,16-18,21H,7,11-12,14-15,19H2,1-2H3,(H,31,35)/t21-/m0/s1. The number of nitrogens with zero attached hydrogens (tertiary/aromatic N) is 4. The second-order valence-electron chi connectivity index (χ2n) is 9.44. The molecule has 5 rings (SSSR count). The molecule has 2 aromatic carbocycles. The van der Waals surface area contributed by atoms with Crippen molar-refractivity contribution in [2.45, 2.75) is 25.2 Å². The average molecular weight is 498 g/mol. The van der Waals surface area contributed by atoms with Crippen LogP contribution in [0, 0.1) is 0 Å². The number of hydrogen-bond acceptors (Lipinski definition) is 5. The van der Waals surface area contributed by atoms with Crippen LogP contribution in [0.3, 0.4) is 0 Å². The molecule has 0 bridgehead atoms. The molecule has 0 unspecified atom stereocenters. The zero-order chi connectivity index (χ0) is 25.8. The Kier molecular flexibility index (Phi) is 7.28. The van der Waals surface area contributed by atoms with E-state index in [4.69, 9.17) is 9.72 Å². The summed E-state index contributed by atoms with van der Waals surface area (Å²) in [5, 5.41) is 2.92. The highest BCUT2D eigenvalue weighted by molar-refractivity contribution is 6.06. The number of fused-ring (bicyclic) bond motifs is 1. The third-order valence-corrected chi connectivity index (χ3v) is 6.97. The molecule has 1 saturated heterocycles. The zero-order valence-corrected chi connectivity index (χ0v) is 21.2. The Labute approximate surface area is 216 Å². The van der Waals surface area contributed by atoms with Crippen molar-refractivity contribution in [2.75, 3.05) is 32.1 Å².